The lowest BCUT2D eigenvalue weighted by atomic mass is 10.3. The molecule has 1 atom stereocenters. The number of thiazole rings is 1. The Hall–Kier alpha value is -1.21. The van der Waals surface area contributed by atoms with Crippen molar-refractivity contribution in [1.82, 2.24) is 9.88 Å². The summed E-state index contributed by atoms with van der Waals surface area (Å²) in [4.78, 5) is 18.4. The first-order chi connectivity index (χ1) is 9.20. The molecule has 2 aromatic rings. The molecule has 20 heavy (non-hydrogen) atoms. The predicted molar refractivity (Wildman–Crippen MR) is 84.5 cm³/mol. The third-order valence-corrected chi connectivity index (χ3v) is 4.17. The smallest absolute Gasteiger partial charge is 0.240 e. The molecule has 7 heteroatoms. The normalized spacial score (nSPS) is 18.9. The van der Waals surface area contributed by atoms with Crippen molar-refractivity contribution in [2.45, 2.75) is 12.5 Å². The maximum Gasteiger partial charge on any atom is 0.240 e. The average molecular weight is 313 g/mol. The first-order valence-corrected chi connectivity index (χ1v) is 7.16. The molecule has 1 aromatic carbocycles. The molecule has 1 aliphatic rings. The Morgan fingerprint density at radius 2 is 2.30 bits per heavy atom. The minimum absolute atomic E-state index is 0. The zero-order valence-electron chi connectivity index (χ0n) is 10.9. The fourth-order valence-electron chi connectivity index (χ4n) is 2.29. The zero-order valence-corrected chi connectivity index (χ0v) is 12.5. The van der Waals surface area contributed by atoms with Crippen molar-refractivity contribution in [3.8, 4) is 0 Å². The molecule has 0 radical (unpaired) electrons. The second-order valence-electron chi connectivity index (χ2n) is 4.82. The highest BCUT2D eigenvalue weighted by Gasteiger charge is 2.21. The molecule has 3 rings (SSSR count). The average Bonchev–Trinajstić information content (AvgIpc) is 2.94. The van der Waals surface area contributed by atoms with Gasteiger partial charge < -0.3 is 11.1 Å². The predicted octanol–water partition coefficient (Wildman–Crippen LogP) is 1.69. The number of likely N-dealkylation sites (tertiary alicyclic amines) is 1. The number of hydrogen-bond acceptors (Lipinski definition) is 5. The van der Waals surface area contributed by atoms with E-state index in [0.29, 0.717) is 11.7 Å². The van der Waals surface area contributed by atoms with Crippen LogP contribution < -0.4 is 11.1 Å². The van der Waals surface area contributed by atoms with Gasteiger partial charge in [0.05, 0.1) is 16.8 Å². The number of carbonyl (C=O) groups is 1. The first-order valence-electron chi connectivity index (χ1n) is 6.34. The van der Waals surface area contributed by atoms with Gasteiger partial charge in [-0.15, -0.1) is 12.4 Å². The topological polar surface area (TPSA) is 71.2 Å². The van der Waals surface area contributed by atoms with Crippen molar-refractivity contribution < 1.29 is 4.79 Å². The molecule has 1 aromatic heterocycles. The molecule has 1 amide bonds. The second-order valence-corrected chi connectivity index (χ2v) is 5.85. The Labute approximate surface area is 127 Å². The highest BCUT2D eigenvalue weighted by molar-refractivity contribution is 7.22. The highest BCUT2D eigenvalue weighted by atomic mass is 35.5. The van der Waals surface area contributed by atoms with Crippen LogP contribution in [0.25, 0.3) is 10.2 Å². The van der Waals surface area contributed by atoms with Crippen LogP contribution in [-0.4, -0.2) is 41.5 Å². The van der Waals surface area contributed by atoms with Crippen LogP contribution in [-0.2, 0) is 4.79 Å². The number of nitrogens with one attached hydrogen (secondary N) is 1. The molecule has 1 aliphatic heterocycles. The maximum atomic E-state index is 11.9. The lowest BCUT2D eigenvalue weighted by Gasteiger charge is -2.13. The number of rotatable bonds is 3. The van der Waals surface area contributed by atoms with Crippen LogP contribution in [0.1, 0.15) is 6.42 Å². The van der Waals surface area contributed by atoms with Crippen LogP contribution in [0.5, 0.6) is 0 Å². The number of amides is 1. The van der Waals surface area contributed by atoms with Crippen molar-refractivity contribution in [2.75, 3.05) is 25.0 Å². The van der Waals surface area contributed by atoms with Gasteiger partial charge in [-0.3, -0.25) is 9.69 Å². The largest absolute Gasteiger partial charge is 0.326 e. The van der Waals surface area contributed by atoms with Gasteiger partial charge in [0.15, 0.2) is 5.13 Å². The van der Waals surface area contributed by atoms with E-state index < -0.39 is 0 Å². The number of aromatic nitrogens is 1. The molecule has 3 N–H and O–H groups in total. The Morgan fingerprint density at radius 1 is 1.50 bits per heavy atom. The third kappa shape index (κ3) is 3.46. The van der Waals surface area contributed by atoms with E-state index in [-0.39, 0.29) is 24.4 Å². The van der Waals surface area contributed by atoms with Crippen molar-refractivity contribution >= 4 is 45.0 Å². The molecule has 108 valence electrons. The summed E-state index contributed by atoms with van der Waals surface area (Å²) in [6.07, 6.45) is 0.967. The van der Waals surface area contributed by atoms with Gasteiger partial charge in [-0.05, 0) is 18.6 Å². The van der Waals surface area contributed by atoms with E-state index in [1.165, 1.54) is 11.3 Å². The molecule has 0 spiro atoms. The molecule has 0 saturated carbocycles. The summed E-state index contributed by atoms with van der Waals surface area (Å²) in [6.45, 7) is 2.09. The summed E-state index contributed by atoms with van der Waals surface area (Å²) in [7, 11) is 0. The molecule has 5 nitrogen and oxygen atoms in total. The SMILES string of the molecule is Cl.N[C@@H]1CCN(CC(=O)Nc2nc3ccccc3s2)C1. The number of benzene rings is 1. The Morgan fingerprint density at radius 3 is 3.00 bits per heavy atom. The Kier molecular flexibility index (Phi) is 4.93. The van der Waals surface area contributed by atoms with Crippen LogP contribution in [0, 0.1) is 0 Å². The van der Waals surface area contributed by atoms with E-state index in [1.54, 1.807) is 0 Å². The fourth-order valence-corrected chi connectivity index (χ4v) is 3.18. The summed E-state index contributed by atoms with van der Waals surface area (Å²) in [5.74, 6) is -0.0202. The molecule has 2 heterocycles. The number of fused-ring (bicyclic) bond motifs is 1. The van der Waals surface area contributed by atoms with E-state index in [1.807, 2.05) is 24.3 Å². The Balaban J connectivity index is 0.00000147. The van der Waals surface area contributed by atoms with E-state index in [4.69, 9.17) is 5.73 Å². The second kappa shape index (κ2) is 6.49. The number of carbonyl (C=O) groups excluding carboxylic acids is 1. The van der Waals surface area contributed by atoms with E-state index >= 15 is 0 Å². The molecular formula is C13H17ClN4OS. The third-order valence-electron chi connectivity index (χ3n) is 3.22. The minimum Gasteiger partial charge on any atom is -0.326 e. The summed E-state index contributed by atoms with van der Waals surface area (Å²) in [5, 5.41) is 3.52. The number of hydrogen-bond donors (Lipinski definition) is 2. The monoisotopic (exact) mass is 312 g/mol. The van der Waals surface area contributed by atoms with Gasteiger partial charge >= 0.3 is 0 Å². The van der Waals surface area contributed by atoms with Gasteiger partial charge in [0.2, 0.25) is 5.91 Å². The number of halogens is 1. The number of nitrogens with zero attached hydrogens (tertiary/aromatic N) is 2. The van der Waals surface area contributed by atoms with Gasteiger partial charge in [-0.2, -0.15) is 0 Å². The van der Waals surface area contributed by atoms with E-state index in [2.05, 4.69) is 15.2 Å². The van der Waals surface area contributed by atoms with Crippen LogP contribution in [0.2, 0.25) is 0 Å². The minimum atomic E-state index is -0.0202. The molecule has 0 aliphatic carbocycles. The van der Waals surface area contributed by atoms with Crippen molar-refractivity contribution in [3.63, 3.8) is 0 Å². The van der Waals surface area contributed by atoms with Crippen molar-refractivity contribution in [2.24, 2.45) is 5.73 Å². The highest BCUT2D eigenvalue weighted by Crippen LogP contribution is 2.25. The number of para-hydroxylation sites is 1. The van der Waals surface area contributed by atoms with Crippen LogP contribution >= 0.6 is 23.7 Å². The molecule has 1 fully saturated rings. The van der Waals surface area contributed by atoms with Gasteiger partial charge in [0.25, 0.3) is 0 Å². The lowest BCUT2D eigenvalue weighted by molar-refractivity contribution is -0.117. The summed E-state index contributed by atoms with van der Waals surface area (Å²) in [5.41, 5.74) is 6.74. The van der Waals surface area contributed by atoms with Gasteiger partial charge in [-0.1, -0.05) is 23.5 Å². The number of anilines is 1. The van der Waals surface area contributed by atoms with Crippen molar-refractivity contribution in [3.05, 3.63) is 24.3 Å². The lowest BCUT2D eigenvalue weighted by Crippen LogP contribution is -2.33. The summed E-state index contributed by atoms with van der Waals surface area (Å²) >= 11 is 1.50. The van der Waals surface area contributed by atoms with Crippen LogP contribution in [0.15, 0.2) is 24.3 Å². The fraction of sp³-hybridized carbons (Fsp3) is 0.385. The summed E-state index contributed by atoms with van der Waals surface area (Å²) in [6, 6.07) is 8.07. The van der Waals surface area contributed by atoms with Gasteiger partial charge in [-0.25, -0.2) is 4.98 Å². The van der Waals surface area contributed by atoms with Crippen LogP contribution in [0.4, 0.5) is 5.13 Å². The molecule has 0 unspecified atom stereocenters. The van der Waals surface area contributed by atoms with E-state index in [0.717, 1.165) is 29.7 Å². The van der Waals surface area contributed by atoms with Crippen LogP contribution in [0.3, 0.4) is 0 Å². The number of nitrogens with two attached hydrogens (primary N) is 1. The van der Waals surface area contributed by atoms with Gasteiger partial charge in [0, 0.05) is 19.1 Å². The van der Waals surface area contributed by atoms with E-state index in [9.17, 15) is 4.79 Å². The quantitative estimate of drug-likeness (QED) is 0.905. The maximum absolute atomic E-state index is 11.9. The molecule has 1 saturated heterocycles. The van der Waals surface area contributed by atoms with Crippen molar-refractivity contribution in [1.29, 1.82) is 0 Å². The zero-order chi connectivity index (χ0) is 13.2. The summed E-state index contributed by atoms with van der Waals surface area (Å²) < 4.78 is 1.08. The Bertz CT molecular complexity index is 570. The first kappa shape index (κ1) is 15.2. The standard InChI is InChI=1S/C13H16N4OS.ClH/c14-9-5-6-17(7-9)8-12(18)16-13-15-10-3-1-2-4-11(10)19-13;/h1-4,9H,5-8,14H2,(H,15,16,18);1H/t9-;/m1./s1. The van der Waals surface area contributed by atoms with Gasteiger partial charge in [0.1, 0.15) is 0 Å². The molecule has 0 bridgehead atoms. The molecular weight excluding hydrogens is 296 g/mol.